The molecule has 0 aliphatic carbocycles. The molecule has 0 amide bonds. The van der Waals surface area contributed by atoms with Crippen molar-refractivity contribution < 1.29 is 4.39 Å². The zero-order chi connectivity index (χ0) is 19.0. The molecule has 3 N–H and O–H groups in total. The van der Waals surface area contributed by atoms with Crippen LogP contribution in [0.4, 0.5) is 10.1 Å². The van der Waals surface area contributed by atoms with Crippen LogP contribution in [0.1, 0.15) is 26.2 Å². The molecule has 3 aromatic heterocycles. The molecule has 0 saturated heterocycles. The Morgan fingerprint density at radius 2 is 2.15 bits per heavy atom. The van der Waals surface area contributed by atoms with Crippen LogP contribution in [-0.4, -0.2) is 19.5 Å². The third kappa shape index (κ3) is 3.05. The fraction of sp³-hybridized carbons (Fsp3) is 0.250. The van der Waals surface area contributed by atoms with Gasteiger partial charge in [-0.2, -0.15) is 0 Å². The van der Waals surface area contributed by atoms with Crippen LogP contribution in [0.3, 0.4) is 0 Å². The van der Waals surface area contributed by atoms with E-state index < -0.39 is 5.82 Å². The maximum Gasteiger partial charge on any atom is 0.275 e. The summed E-state index contributed by atoms with van der Waals surface area (Å²) in [6.07, 6.45) is 6.92. The highest BCUT2D eigenvalue weighted by molar-refractivity contribution is 5.94. The lowest BCUT2D eigenvalue weighted by Crippen LogP contribution is -2.12. The van der Waals surface area contributed by atoms with Gasteiger partial charge in [-0.15, -0.1) is 0 Å². The molecule has 0 radical (unpaired) electrons. The van der Waals surface area contributed by atoms with Gasteiger partial charge in [-0.3, -0.25) is 4.79 Å². The lowest BCUT2D eigenvalue weighted by atomic mass is 10.1. The van der Waals surface area contributed by atoms with E-state index in [-0.39, 0.29) is 16.9 Å². The van der Waals surface area contributed by atoms with E-state index in [2.05, 4.69) is 26.4 Å². The molecule has 0 aliphatic heterocycles. The first-order chi connectivity index (χ1) is 13.1. The Hall–Kier alpha value is -3.22. The van der Waals surface area contributed by atoms with Gasteiger partial charge < -0.3 is 15.3 Å². The number of rotatable bonds is 5. The summed E-state index contributed by atoms with van der Waals surface area (Å²) in [5, 5.41) is 0.849. The van der Waals surface area contributed by atoms with Gasteiger partial charge in [-0.05, 0) is 24.6 Å². The lowest BCUT2D eigenvalue weighted by Gasteiger charge is -2.04. The first-order valence-corrected chi connectivity index (χ1v) is 9.01. The quantitative estimate of drug-likeness (QED) is 0.415. The van der Waals surface area contributed by atoms with Crippen molar-refractivity contribution in [2.75, 3.05) is 5.73 Å². The van der Waals surface area contributed by atoms with Gasteiger partial charge >= 0.3 is 0 Å². The molecule has 138 valence electrons. The highest BCUT2D eigenvalue weighted by atomic mass is 19.1. The molecule has 0 unspecified atom stereocenters. The number of nitrogen functional groups attached to an aromatic ring is 1. The first kappa shape index (κ1) is 17.2. The van der Waals surface area contributed by atoms with Crippen molar-refractivity contribution in [2.24, 2.45) is 0 Å². The zero-order valence-corrected chi connectivity index (χ0v) is 15.0. The standard InChI is InChI=1S/C20H20FN5O/c1-2-3-4-8-26-11-13(12-6-5-7-23-19(12)26)18-20(27)25-17-10-15(22)14(21)9-16(17)24-18/h5-7,9-11H,2-4,8,22H2,1H3,(H,25,27). The van der Waals surface area contributed by atoms with Gasteiger partial charge in [0.15, 0.2) is 0 Å². The summed E-state index contributed by atoms with van der Waals surface area (Å²) in [6, 6.07) is 6.38. The van der Waals surface area contributed by atoms with Crippen LogP contribution in [0.15, 0.2) is 41.5 Å². The fourth-order valence-electron chi connectivity index (χ4n) is 3.32. The minimum Gasteiger partial charge on any atom is -0.396 e. The monoisotopic (exact) mass is 365 g/mol. The smallest absolute Gasteiger partial charge is 0.275 e. The first-order valence-electron chi connectivity index (χ1n) is 9.01. The van der Waals surface area contributed by atoms with Crippen molar-refractivity contribution in [3.63, 3.8) is 0 Å². The Kier molecular flexibility index (Phi) is 4.35. The summed E-state index contributed by atoms with van der Waals surface area (Å²) in [6.45, 7) is 2.97. The number of benzene rings is 1. The Balaban J connectivity index is 1.90. The van der Waals surface area contributed by atoms with Crippen LogP contribution in [0, 0.1) is 5.82 Å². The van der Waals surface area contributed by atoms with E-state index in [1.807, 2.05) is 18.3 Å². The number of anilines is 1. The number of unbranched alkanes of at least 4 members (excludes halogenated alkanes) is 2. The molecule has 3 heterocycles. The fourth-order valence-corrected chi connectivity index (χ4v) is 3.32. The number of aryl methyl sites for hydroxylation is 1. The molecule has 7 heteroatoms. The molecule has 4 rings (SSSR count). The number of hydrogen-bond donors (Lipinski definition) is 2. The molecule has 0 aliphatic rings. The molecule has 4 aromatic rings. The highest BCUT2D eigenvalue weighted by Gasteiger charge is 2.16. The number of nitrogens with one attached hydrogen (secondary N) is 1. The molecule has 27 heavy (non-hydrogen) atoms. The van der Waals surface area contributed by atoms with E-state index in [4.69, 9.17) is 5.73 Å². The van der Waals surface area contributed by atoms with Crippen LogP contribution in [-0.2, 0) is 6.54 Å². The second kappa shape index (κ2) is 6.83. The largest absolute Gasteiger partial charge is 0.396 e. The van der Waals surface area contributed by atoms with Crippen molar-refractivity contribution in [1.82, 2.24) is 19.5 Å². The minimum atomic E-state index is -0.559. The van der Waals surface area contributed by atoms with Crippen LogP contribution in [0.25, 0.3) is 33.3 Å². The van der Waals surface area contributed by atoms with E-state index in [0.29, 0.717) is 16.6 Å². The highest BCUT2D eigenvalue weighted by Crippen LogP contribution is 2.28. The van der Waals surface area contributed by atoms with E-state index in [9.17, 15) is 9.18 Å². The molecule has 0 atom stereocenters. The van der Waals surface area contributed by atoms with E-state index in [0.717, 1.165) is 36.8 Å². The van der Waals surface area contributed by atoms with Gasteiger partial charge in [0.1, 0.15) is 17.2 Å². The van der Waals surface area contributed by atoms with Gasteiger partial charge in [0.25, 0.3) is 5.56 Å². The van der Waals surface area contributed by atoms with Crippen molar-refractivity contribution in [3.8, 4) is 11.3 Å². The minimum absolute atomic E-state index is 0.0237. The van der Waals surface area contributed by atoms with E-state index >= 15 is 0 Å². The topological polar surface area (TPSA) is 89.6 Å². The van der Waals surface area contributed by atoms with Gasteiger partial charge in [-0.1, -0.05) is 19.8 Å². The number of halogens is 1. The van der Waals surface area contributed by atoms with E-state index in [1.165, 1.54) is 12.1 Å². The molecule has 0 saturated carbocycles. The number of H-pyrrole nitrogens is 1. The lowest BCUT2D eigenvalue weighted by molar-refractivity contribution is 0.613. The van der Waals surface area contributed by atoms with Gasteiger partial charge in [0.2, 0.25) is 0 Å². The molecular formula is C20H20FN5O. The molecule has 6 nitrogen and oxygen atoms in total. The summed E-state index contributed by atoms with van der Waals surface area (Å²) >= 11 is 0. The van der Waals surface area contributed by atoms with Crippen LogP contribution in [0.2, 0.25) is 0 Å². The van der Waals surface area contributed by atoms with Gasteiger partial charge in [0, 0.05) is 36.0 Å². The number of nitrogens with zero attached hydrogens (tertiary/aromatic N) is 3. The third-order valence-electron chi connectivity index (χ3n) is 4.70. The number of aromatic amines is 1. The maximum absolute atomic E-state index is 13.8. The SMILES string of the molecule is CCCCCn1cc(-c2nc3cc(F)c(N)cc3[nH]c2=O)c2cccnc21. The second-order valence-electron chi connectivity index (χ2n) is 6.62. The Morgan fingerprint density at radius 1 is 1.30 bits per heavy atom. The van der Waals surface area contributed by atoms with E-state index in [1.54, 1.807) is 6.20 Å². The maximum atomic E-state index is 13.8. The molecule has 1 aromatic carbocycles. The predicted molar refractivity (Wildman–Crippen MR) is 105 cm³/mol. The van der Waals surface area contributed by atoms with Crippen LogP contribution < -0.4 is 11.3 Å². The number of hydrogen-bond acceptors (Lipinski definition) is 4. The molecular weight excluding hydrogens is 345 g/mol. The molecule has 0 fully saturated rings. The number of pyridine rings is 1. The van der Waals surface area contributed by atoms with Crippen LogP contribution in [0.5, 0.6) is 0 Å². The van der Waals surface area contributed by atoms with Crippen molar-refractivity contribution >= 4 is 27.8 Å². The Labute approximate surface area is 154 Å². The van der Waals surface area contributed by atoms with Crippen molar-refractivity contribution in [3.05, 3.63) is 52.8 Å². The summed E-state index contributed by atoms with van der Waals surface area (Å²) in [4.78, 5) is 24.3. The predicted octanol–water partition coefficient (Wildman–Crippen LogP) is 3.85. The second-order valence-corrected chi connectivity index (χ2v) is 6.62. The summed E-state index contributed by atoms with van der Waals surface area (Å²) < 4.78 is 15.9. The number of nitrogens with two attached hydrogens (primary N) is 1. The zero-order valence-electron chi connectivity index (χ0n) is 15.0. The molecule has 0 spiro atoms. The number of aromatic nitrogens is 4. The Bertz CT molecular complexity index is 1190. The number of fused-ring (bicyclic) bond motifs is 2. The third-order valence-corrected chi connectivity index (χ3v) is 4.70. The average Bonchev–Trinajstić information content (AvgIpc) is 3.02. The van der Waals surface area contributed by atoms with Gasteiger partial charge in [-0.25, -0.2) is 14.4 Å². The summed E-state index contributed by atoms with van der Waals surface area (Å²) in [5.41, 5.74) is 7.73. The summed E-state index contributed by atoms with van der Waals surface area (Å²) in [5.74, 6) is -0.559. The van der Waals surface area contributed by atoms with Gasteiger partial charge in [0.05, 0.1) is 16.7 Å². The molecule has 0 bridgehead atoms. The van der Waals surface area contributed by atoms with Crippen molar-refractivity contribution in [1.29, 1.82) is 0 Å². The summed E-state index contributed by atoms with van der Waals surface area (Å²) in [7, 11) is 0. The van der Waals surface area contributed by atoms with Crippen molar-refractivity contribution in [2.45, 2.75) is 32.7 Å². The van der Waals surface area contributed by atoms with Crippen LogP contribution >= 0.6 is 0 Å². The Morgan fingerprint density at radius 3 is 2.96 bits per heavy atom. The average molecular weight is 365 g/mol. The normalized spacial score (nSPS) is 11.5.